The van der Waals surface area contributed by atoms with Crippen molar-refractivity contribution in [2.45, 2.75) is 50.5 Å². The van der Waals surface area contributed by atoms with Crippen LogP contribution in [0.4, 0.5) is 0 Å². The Labute approximate surface area is 219 Å². The summed E-state index contributed by atoms with van der Waals surface area (Å²) in [6.45, 7) is 4.58. The lowest BCUT2D eigenvalue weighted by molar-refractivity contribution is -0.153. The summed E-state index contributed by atoms with van der Waals surface area (Å²) >= 11 is 5.42. The van der Waals surface area contributed by atoms with Gasteiger partial charge in [-0.2, -0.15) is 0 Å². The van der Waals surface area contributed by atoms with Crippen LogP contribution in [0.3, 0.4) is 0 Å². The van der Waals surface area contributed by atoms with E-state index in [0.717, 1.165) is 30.6 Å². The molecule has 0 spiro atoms. The standard InChI is InChI=1S/C28H31NO3S3/c1-4-9-25-29-22(27(35-25)19-10-7-6-8-11-19)15-17-33-24-13-12-20(26-21(24)14-16-34-26)18-23(32-5-2)28(30)31-3/h6-8,10-14,16,23H,4-5,9,15,17-18H2,1-3H3/t23-/m0/s1. The van der Waals surface area contributed by atoms with Crippen LogP contribution in [0.1, 0.15) is 36.5 Å². The number of thioether (sulfide) groups is 1. The molecule has 2 heterocycles. The Morgan fingerprint density at radius 1 is 1.09 bits per heavy atom. The van der Waals surface area contributed by atoms with Crippen molar-refractivity contribution >= 4 is 50.5 Å². The third-order valence-electron chi connectivity index (χ3n) is 5.73. The van der Waals surface area contributed by atoms with Crippen molar-refractivity contribution < 1.29 is 14.3 Å². The second kappa shape index (κ2) is 12.7. The molecule has 1 atom stereocenters. The molecule has 4 nitrogen and oxygen atoms in total. The summed E-state index contributed by atoms with van der Waals surface area (Å²) in [6, 6.07) is 17.1. The number of thiophene rings is 1. The number of hydrogen-bond donors (Lipinski definition) is 0. The highest BCUT2D eigenvalue weighted by Crippen LogP contribution is 2.36. The predicted molar refractivity (Wildman–Crippen MR) is 149 cm³/mol. The lowest BCUT2D eigenvalue weighted by Crippen LogP contribution is -2.28. The van der Waals surface area contributed by atoms with Gasteiger partial charge in [-0.05, 0) is 48.4 Å². The SMILES string of the molecule is CCCc1nc(CCSc2ccc(C[C@H](OCC)C(=O)OC)c3sccc23)c(-c2ccccc2)s1. The number of esters is 1. The van der Waals surface area contributed by atoms with Crippen LogP contribution in [0.5, 0.6) is 0 Å². The van der Waals surface area contributed by atoms with Crippen LogP contribution in [0.2, 0.25) is 0 Å². The fraction of sp³-hybridized carbons (Fsp3) is 0.357. The Morgan fingerprint density at radius 2 is 1.91 bits per heavy atom. The molecule has 0 fully saturated rings. The molecule has 7 heteroatoms. The molecule has 0 saturated heterocycles. The maximum absolute atomic E-state index is 12.1. The van der Waals surface area contributed by atoms with Crippen LogP contribution in [0, 0.1) is 0 Å². The highest BCUT2D eigenvalue weighted by molar-refractivity contribution is 7.99. The fourth-order valence-electron chi connectivity index (χ4n) is 4.09. The van der Waals surface area contributed by atoms with E-state index in [2.05, 4.69) is 60.8 Å². The first kappa shape index (κ1) is 25.9. The Kier molecular flexibility index (Phi) is 9.38. The van der Waals surface area contributed by atoms with Crippen LogP contribution < -0.4 is 0 Å². The van der Waals surface area contributed by atoms with E-state index in [1.54, 1.807) is 11.3 Å². The molecule has 0 aliphatic heterocycles. The van der Waals surface area contributed by atoms with Crippen LogP contribution in [-0.2, 0) is 33.5 Å². The molecule has 4 rings (SSSR count). The molecule has 0 radical (unpaired) electrons. The largest absolute Gasteiger partial charge is 0.467 e. The fourth-order valence-corrected chi connectivity index (χ4v) is 7.32. The predicted octanol–water partition coefficient (Wildman–Crippen LogP) is 7.43. The number of carbonyl (C=O) groups is 1. The minimum absolute atomic E-state index is 0.324. The number of hydrogen-bond acceptors (Lipinski definition) is 7. The number of thiazole rings is 1. The van der Waals surface area contributed by atoms with Gasteiger partial charge in [0.1, 0.15) is 0 Å². The first-order chi connectivity index (χ1) is 17.1. The van der Waals surface area contributed by atoms with Gasteiger partial charge in [-0.1, -0.05) is 43.3 Å². The summed E-state index contributed by atoms with van der Waals surface area (Å²) in [6.07, 6.45) is 3.01. The molecule has 2 aromatic carbocycles. The lowest BCUT2D eigenvalue weighted by Gasteiger charge is -2.15. The average Bonchev–Trinajstić information content (AvgIpc) is 3.53. The van der Waals surface area contributed by atoms with Gasteiger partial charge in [0.05, 0.1) is 22.7 Å². The summed E-state index contributed by atoms with van der Waals surface area (Å²) in [4.78, 5) is 19.7. The molecule has 0 aliphatic rings. The molecule has 35 heavy (non-hydrogen) atoms. The number of rotatable bonds is 12. The summed E-state index contributed by atoms with van der Waals surface area (Å²) in [7, 11) is 1.41. The minimum atomic E-state index is -0.577. The Morgan fingerprint density at radius 3 is 2.66 bits per heavy atom. The molecule has 0 amide bonds. The van der Waals surface area contributed by atoms with E-state index in [0.29, 0.717) is 13.0 Å². The van der Waals surface area contributed by atoms with Gasteiger partial charge >= 0.3 is 5.97 Å². The van der Waals surface area contributed by atoms with E-state index in [1.165, 1.54) is 43.2 Å². The highest BCUT2D eigenvalue weighted by atomic mass is 32.2. The number of carbonyl (C=O) groups excluding carboxylic acids is 1. The van der Waals surface area contributed by atoms with E-state index < -0.39 is 6.10 Å². The smallest absolute Gasteiger partial charge is 0.335 e. The summed E-state index contributed by atoms with van der Waals surface area (Å²) in [5.74, 6) is 0.637. The van der Waals surface area contributed by atoms with Gasteiger partial charge in [-0.3, -0.25) is 0 Å². The molecule has 0 unspecified atom stereocenters. The monoisotopic (exact) mass is 525 g/mol. The zero-order valence-corrected chi connectivity index (χ0v) is 22.9. The molecular weight excluding hydrogens is 495 g/mol. The first-order valence-corrected chi connectivity index (χ1v) is 14.7. The molecule has 0 saturated carbocycles. The highest BCUT2D eigenvalue weighted by Gasteiger charge is 2.22. The van der Waals surface area contributed by atoms with Crippen molar-refractivity contribution in [2.24, 2.45) is 0 Å². The van der Waals surface area contributed by atoms with Gasteiger partial charge in [0.25, 0.3) is 0 Å². The second-order valence-corrected chi connectivity index (χ2v) is 11.3. The Hall–Kier alpha value is -2.19. The van der Waals surface area contributed by atoms with E-state index >= 15 is 0 Å². The van der Waals surface area contributed by atoms with Crippen molar-refractivity contribution in [1.29, 1.82) is 0 Å². The molecular formula is C28H31NO3S3. The van der Waals surface area contributed by atoms with Crippen LogP contribution in [0.15, 0.2) is 58.8 Å². The lowest BCUT2D eigenvalue weighted by atomic mass is 10.1. The summed E-state index contributed by atoms with van der Waals surface area (Å²) in [5.41, 5.74) is 3.58. The third kappa shape index (κ3) is 6.33. The van der Waals surface area contributed by atoms with Gasteiger partial charge in [0.2, 0.25) is 0 Å². The van der Waals surface area contributed by atoms with E-state index in [4.69, 9.17) is 14.5 Å². The van der Waals surface area contributed by atoms with Gasteiger partial charge in [0, 0.05) is 40.2 Å². The first-order valence-electron chi connectivity index (χ1n) is 12.0. The van der Waals surface area contributed by atoms with Crippen molar-refractivity contribution in [1.82, 2.24) is 4.98 Å². The quantitative estimate of drug-likeness (QED) is 0.142. The molecule has 0 bridgehead atoms. The molecule has 2 aromatic heterocycles. The molecule has 184 valence electrons. The normalized spacial score (nSPS) is 12.2. The number of benzene rings is 2. The van der Waals surface area contributed by atoms with Crippen molar-refractivity contribution in [2.75, 3.05) is 19.5 Å². The van der Waals surface area contributed by atoms with Crippen LogP contribution in [-0.4, -0.2) is 36.5 Å². The zero-order valence-electron chi connectivity index (χ0n) is 20.4. The van der Waals surface area contributed by atoms with E-state index in [1.807, 2.05) is 30.0 Å². The number of aryl methyl sites for hydroxylation is 2. The number of nitrogens with zero attached hydrogens (tertiary/aromatic N) is 1. The molecule has 4 aromatic rings. The van der Waals surface area contributed by atoms with Gasteiger partial charge in [-0.15, -0.1) is 34.4 Å². The maximum Gasteiger partial charge on any atom is 0.335 e. The third-order valence-corrected chi connectivity index (χ3v) is 9.01. The summed E-state index contributed by atoms with van der Waals surface area (Å²) < 4.78 is 11.8. The minimum Gasteiger partial charge on any atom is -0.467 e. The van der Waals surface area contributed by atoms with Crippen molar-refractivity contribution in [3.8, 4) is 10.4 Å². The topological polar surface area (TPSA) is 48.4 Å². The molecule has 0 aliphatic carbocycles. The van der Waals surface area contributed by atoms with Crippen molar-refractivity contribution in [3.63, 3.8) is 0 Å². The van der Waals surface area contributed by atoms with Gasteiger partial charge < -0.3 is 9.47 Å². The second-order valence-electron chi connectivity index (χ2n) is 8.16. The molecule has 0 N–H and O–H groups in total. The van der Waals surface area contributed by atoms with Gasteiger partial charge in [-0.25, -0.2) is 9.78 Å². The zero-order chi connectivity index (χ0) is 24.6. The summed E-state index contributed by atoms with van der Waals surface area (Å²) in [5, 5.41) is 4.59. The number of aromatic nitrogens is 1. The van der Waals surface area contributed by atoms with E-state index in [9.17, 15) is 4.79 Å². The number of ether oxygens (including phenoxy) is 2. The van der Waals surface area contributed by atoms with Gasteiger partial charge in [0.15, 0.2) is 6.10 Å². The van der Waals surface area contributed by atoms with Crippen LogP contribution >= 0.6 is 34.4 Å². The number of fused-ring (bicyclic) bond motifs is 1. The Balaban J connectivity index is 1.50. The van der Waals surface area contributed by atoms with Crippen LogP contribution in [0.25, 0.3) is 20.5 Å². The Bertz CT molecular complexity index is 1250. The van der Waals surface area contributed by atoms with Crippen molar-refractivity contribution in [3.05, 3.63) is 70.2 Å². The number of methoxy groups -OCH3 is 1. The van der Waals surface area contributed by atoms with E-state index in [-0.39, 0.29) is 5.97 Å². The average molecular weight is 526 g/mol. The maximum atomic E-state index is 12.1.